The van der Waals surface area contributed by atoms with Gasteiger partial charge in [-0.05, 0) is 24.3 Å². The fraction of sp³-hybridized carbons (Fsp3) is 0.571. The lowest BCUT2D eigenvalue weighted by molar-refractivity contribution is 0.132. The minimum Gasteiger partial charge on any atom is -0.394 e. The van der Waals surface area contributed by atoms with E-state index in [4.69, 9.17) is 5.73 Å². The smallest absolute Gasteiger partial charge is 0.0832 e. The van der Waals surface area contributed by atoms with Crippen molar-refractivity contribution in [3.63, 3.8) is 0 Å². The molecule has 0 atom stereocenters. The van der Waals surface area contributed by atoms with Gasteiger partial charge in [0.2, 0.25) is 0 Å². The largest absolute Gasteiger partial charge is 0.394 e. The zero-order valence-corrected chi connectivity index (χ0v) is 12.5. The first kappa shape index (κ1) is 16.3. The summed E-state index contributed by atoms with van der Waals surface area (Å²) < 4.78 is 0. The third-order valence-corrected chi connectivity index (χ3v) is 4.30. The summed E-state index contributed by atoms with van der Waals surface area (Å²) in [4.78, 5) is 1.15. The molecule has 5 heteroatoms. The fourth-order valence-corrected chi connectivity index (χ4v) is 2.76. The molecular weight excluding hydrogens is 260 g/mol. The molecule has 0 radical (unpaired) electrons. The van der Waals surface area contributed by atoms with Crippen LogP contribution in [0.15, 0.2) is 23.1 Å². The normalized spacial score (nSPS) is 11.6. The van der Waals surface area contributed by atoms with Gasteiger partial charge >= 0.3 is 0 Å². The second-order valence-electron chi connectivity index (χ2n) is 4.49. The first-order chi connectivity index (χ1) is 9.16. The second-order valence-corrected chi connectivity index (χ2v) is 5.80. The Bertz CT molecular complexity index is 387. The number of thioether (sulfide) groups is 1. The number of aliphatic hydroxyl groups is 2. The van der Waals surface area contributed by atoms with E-state index in [9.17, 15) is 10.2 Å². The van der Waals surface area contributed by atoms with Crippen LogP contribution in [0.4, 0.5) is 5.69 Å². The summed E-state index contributed by atoms with van der Waals surface area (Å²) in [6.45, 7) is 4.24. The van der Waals surface area contributed by atoms with Crippen LogP contribution in [-0.4, -0.2) is 34.7 Å². The van der Waals surface area contributed by atoms with Crippen LogP contribution in [0.2, 0.25) is 0 Å². The number of nitrogens with one attached hydrogen (secondary N) is 1. The monoisotopic (exact) mass is 284 g/mol. The molecule has 1 rings (SSSR count). The summed E-state index contributed by atoms with van der Waals surface area (Å²) in [6, 6.07) is 5.96. The Labute approximate surface area is 119 Å². The summed E-state index contributed by atoms with van der Waals surface area (Å²) in [6.07, 6.45) is 0.634. The van der Waals surface area contributed by atoms with Crippen molar-refractivity contribution in [2.24, 2.45) is 5.73 Å². The molecule has 19 heavy (non-hydrogen) atoms. The molecule has 0 aliphatic rings. The predicted octanol–water partition coefficient (Wildman–Crippen LogP) is 1.80. The van der Waals surface area contributed by atoms with Crippen molar-refractivity contribution >= 4 is 17.4 Å². The zero-order valence-electron chi connectivity index (χ0n) is 11.6. The third-order valence-electron chi connectivity index (χ3n) is 3.32. The molecule has 1 aromatic rings. The molecule has 1 aromatic carbocycles. The maximum absolute atomic E-state index is 9.52. The number of benzene rings is 1. The summed E-state index contributed by atoms with van der Waals surface area (Å²) in [5.41, 5.74) is 7.08. The summed E-state index contributed by atoms with van der Waals surface area (Å²) >= 11 is 1.74. The van der Waals surface area contributed by atoms with Gasteiger partial charge in [-0.2, -0.15) is 0 Å². The van der Waals surface area contributed by atoms with Gasteiger partial charge < -0.3 is 21.3 Å². The second kappa shape index (κ2) is 7.75. The highest BCUT2D eigenvalue weighted by Crippen LogP contribution is 2.30. The van der Waals surface area contributed by atoms with E-state index in [1.54, 1.807) is 11.8 Å². The van der Waals surface area contributed by atoms with Crippen LogP contribution in [0.1, 0.15) is 25.8 Å². The average molecular weight is 284 g/mol. The van der Waals surface area contributed by atoms with Crippen LogP contribution < -0.4 is 11.1 Å². The molecule has 0 fully saturated rings. The predicted molar refractivity (Wildman–Crippen MR) is 81.5 cm³/mol. The highest BCUT2D eigenvalue weighted by atomic mass is 32.2. The molecule has 0 amide bonds. The minimum atomic E-state index is -0.695. The van der Waals surface area contributed by atoms with Crippen molar-refractivity contribution in [1.82, 2.24) is 0 Å². The van der Waals surface area contributed by atoms with E-state index in [0.29, 0.717) is 13.0 Å². The average Bonchev–Trinajstić information content (AvgIpc) is 2.45. The Morgan fingerprint density at radius 3 is 2.42 bits per heavy atom. The van der Waals surface area contributed by atoms with Gasteiger partial charge in [0.1, 0.15) is 0 Å². The van der Waals surface area contributed by atoms with E-state index in [1.165, 1.54) is 0 Å². The molecule has 0 aliphatic carbocycles. The van der Waals surface area contributed by atoms with Gasteiger partial charge in [0.25, 0.3) is 0 Å². The van der Waals surface area contributed by atoms with Crippen LogP contribution in [0.3, 0.4) is 0 Å². The first-order valence-corrected chi connectivity index (χ1v) is 7.59. The van der Waals surface area contributed by atoms with Crippen molar-refractivity contribution in [1.29, 1.82) is 0 Å². The molecule has 108 valence electrons. The van der Waals surface area contributed by atoms with Gasteiger partial charge in [0.15, 0.2) is 0 Å². The molecule has 0 aromatic heterocycles. The summed E-state index contributed by atoms with van der Waals surface area (Å²) in [5, 5.41) is 22.3. The third kappa shape index (κ3) is 3.86. The van der Waals surface area contributed by atoms with Crippen LogP contribution in [0.5, 0.6) is 0 Å². The molecule has 0 aliphatic heterocycles. The van der Waals surface area contributed by atoms with E-state index in [0.717, 1.165) is 21.9 Å². The van der Waals surface area contributed by atoms with Gasteiger partial charge in [-0.1, -0.05) is 19.9 Å². The maximum atomic E-state index is 9.52. The quantitative estimate of drug-likeness (QED) is 0.548. The maximum Gasteiger partial charge on any atom is 0.0832 e. The molecule has 0 unspecified atom stereocenters. The first-order valence-electron chi connectivity index (χ1n) is 6.61. The van der Waals surface area contributed by atoms with Gasteiger partial charge in [0.05, 0.1) is 18.8 Å². The van der Waals surface area contributed by atoms with Gasteiger partial charge in [-0.25, -0.2) is 0 Å². The highest BCUT2D eigenvalue weighted by Gasteiger charge is 2.27. The molecular formula is C14H24N2O2S. The Hall–Kier alpha value is -0.750. The molecule has 4 nitrogen and oxygen atoms in total. The fourth-order valence-electron chi connectivity index (χ4n) is 1.91. The number of nitrogens with two attached hydrogens (primary N) is 1. The van der Waals surface area contributed by atoms with Crippen molar-refractivity contribution in [3.05, 3.63) is 23.8 Å². The van der Waals surface area contributed by atoms with Crippen LogP contribution in [-0.2, 0) is 6.54 Å². The van der Waals surface area contributed by atoms with Gasteiger partial charge in [-0.3, -0.25) is 0 Å². The molecule has 0 spiro atoms. The number of hydrogen-bond donors (Lipinski definition) is 4. The lowest BCUT2D eigenvalue weighted by atomic mass is 9.97. The van der Waals surface area contributed by atoms with E-state index in [2.05, 4.69) is 12.2 Å². The molecule has 0 heterocycles. The Morgan fingerprint density at radius 1 is 1.26 bits per heavy atom. The molecule has 5 N–H and O–H groups in total. The van der Waals surface area contributed by atoms with Crippen molar-refractivity contribution in [3.8, 4) is 0 Å². The van der Waals surface area contributed by atoms with Crippen LogP contribution >= 0.6 is 11.8 Å². The Kier molecular flexibility index (Phi) is 6.65. The topological polar surface area (TPSA) is 78.5 Å². The standard InChI is InChI=1S/C14H24N2O2S/c1-3-14(9-17,10-18)16-12-6-5-7-13(19-4-2)11(12)8-15/h5-7,16-18H,3-4,8-10,15H2,1-2H3. The van der Waals surface area contributed by atoms with Crippen molar-refractivity contribution < 1.29 is 10.2 Å². The highest BCUT2D eigenvalue weighted by molar-refractivity contribution is 7.99. The van der Waals surface area contributed by atoms with Gasteiger partial charge in [-0.15, -0.1) is 11.8 Å². The Morgan fingerprint density at radius 2 is 1.95 bits per heavy atom. The van der Waals surface area contributed by atoms with Crippen LogP contribution in [0.25, 0.3) is 0 Å². The zero-order chi connectivity index (χ0) is 14.3. The lowest BCUT2D eigenvalue weighted by Gasteiger charge is -2.32. The van der Waals surface area contributed by atoms with Crippen molar-refractivity contribution in [2.75, 3.05) is 24.3 Å². The van der Waals surface area contributed by atoms with Crippen LogP contribution in [0, 0.1) is 0 Å². The number of aliphatic hydroxyl groups excluding tert-OH is 2. The summed E-state index contributed by atoms with van der Waals surface area (Å²) in [5.74, 6) is 0.982. The SMILES string of the molecule is CCSc1cccc(NC(CC)(CO)CO)c1CN. The number of hydrogen-bond acceptors (Lipinski definition) is 5. The van der Waals surface area contributed by atoms with E-state index >= 15 is 0 Å². The minimum absolute atomic E-state index is 0.116. The van der Waals surface area contributed by atoms with E-state index < -0.39 is 5.54 Å². The summed E-state index contributed by atoms with van der Waals surface area (Å²) in [7, 11) is 0. The van der Waals surface area contributed by atoms with Crippen molar-refractivity contribution in [2.45, 2.75) is 37.2 Å². The molecule has 0 saturated carbocycles. The number of anilines is 1. The molecule has 0 saturated heterocycles. The lowest BCUT2D eigenvalue weighted by Crippen LogP contribution is -2.45. The number of rotatable bonds is 8. The van der Waals surface area contributed by atoms with E-state index in [-0.39, 0.29) is 13.2 Å². The van der Waals surface area contributed by atoms with E-state index in [1.807, 2.05) is 25.1 Å². The Balaban J connectivity index is 3.09. The molecule has 0 bridgehead atoms. The van der Waals surface area contributed by atoms with Gasteiger partial charge in [0, 0.05) is 22.7 Å².